The van der Waals surface area contributed by atoms with Crippen LogP contribution in [-0.4, -0.2) is 15.9 Å². The third-order valence-corrected chi connectivity index (χ3v) is 4.12. The average molecular weight is 314 g/mol. The molecule has 0 fully saturated rings. The summed E-state index contributed by atoms with van der Waals surface area (Å²) in [6.45, 7) is 2.03. The maximum atomic E-state index is 12.4. The topological polar surface area (TPSA) is 121 Å². The number of rotatable bonds is 2. The van der Waals surface area contributed by atoms with Crippen molar-refractivity contribution in [1.82, 2.24) is 15.3 Å². The number of aryl methyl sites for hydroxylation is 2. The normalized spacial score (nSPS) is 16.7. The number of carbonyl (C=O) groups is 1. The van der Waals surface area contributed by atoms with E-state index in [1.807, 2.05) is 24.0 Å². The number of carbonyl (C=O) groups excluding carboxylic acids is 1. The van der Waals surface area contributed by atoms with E-state index >= 15 is 0 Å². The van der Waals surface area contributed by atoms with E-state index in [2.05, 4.69) is 16.4 Å². The Morgan fingerprint density at radius 1 is 1.30 bits per heavy atom. The van der Waals surface area contributed by atoms with E-state index in [0.717, 1.165) is 24.8 Å². The number of amides is 1. The smallest absolute Gasteiger partial charge is 0.326 e. The van der Waals surface area contributed by atoms with Gasteiger partial charge in [-0.3, -0.25) is 14.6 Å². The average Bonchev–Trinajstić information content (AvgIpc) is 2.50. The Morgan fingerprint density at radius 3 is 2.87 bits per heavy atom. The summed E-state index contributed by atoms with van der Waals surface area (Å²) in [5, 5.41) is 2.86. The molecule has 0 spiro atoms. The quantitative estimate of drug-likeness (QED) is 0.654. The van der Waals surface area contributed by atoms with Crippen molar-refractivity contribution in [1.29, 1.82) is 0 Å². The largest absolute Gasteiger partial charge is 0.392 e. The molecule has 0 saturated heterocycles. The molecule has 2 aromatic rings. The molecular formula is C16H18N4O3. The standard InChI is InChI=1S/C16H18N4O3/c1-8-5-6-10-9(7-8)3-2-4-11(10)18-15(22)13-12(17)14(21)20-16(23)19-13/h5-7,11H,2-4,17H2,1H3,(H,18,22)(H2,19,20,21,23)/t11-/m1/s1. The number of hydrogen-bond donors (Lipinski definition) is 4. The summed E-state index contributed by atoms with van der Waals surface area (Å²) in [5.74, 6) is -0.552. The number of nitrogens with two attached hydrogens (primary N) is 1. The van der Waals surface area contributed by atoms with Crippen LogP contribution in [0.2, 0.25) is 0 Å². The second-order valence-electron chi connectivity index (χ2n) is 5.82. The fraction of sp³-hybridized carbons (Fsp3) is 0.312. The van der Waals surface area contributed by atoms with Crippen molar-refractivity contribution >= 4 is 11.6 Å². The minimum Gasteiger partial charge on any atom is -0.392 e. The third kappa shape index (κ3) is 2.90. The summed E-state index contributed by atoms with van der Waals surface area (Å²) in [5.41, 5.74) is 7.06. The molecule has 3 rings (SSSR count). The van der Waals surface area contributed by atoms with Gasteiger partial charge < -0.3 is 16.0 Å². The van der Waals surface area contributed by atoms with Gasteiger partial charge >= 0.3 is 5.69 Å². The Hall–Kier alpha value is -2.83. The van der Waals surface area contributed by atoms with Crippen molar-refractivity contribution in [2.24, 2.45) is 0 Å². The van der Waals surface area contributed by atoms with Crippen LogP contribution in [0.25, 0.3) is 0 Å². The highest BCUT2D eigenvalue weighted by molar-refractivity contribution is 5.97. The van der Waals surface area contributed by atoms with Gasteiger partial charge in [-0.15, -0.1) is 0 Å². The van der Waals surface area contributed by atoms with E-state index < -0.39 is 17.2 Å². The predicted molar refractivity (Wildman–Crippen MR) is 86.4 cm³/mol. The zero-order chi connectivity index (χ0) is 16.6. The molecular weight excluding hydrogens is 296 g/mol. The molecule has 1 amide bonds. The third-order valence-electron chi connectivity index (χ3n) is 4.12. The van der Waals surface area contributed by atoms with Crippen molar-refractivity contribution < 1.29 is 4.79 Å². The lowest BCUT2D eigenvalue weighted by atomic mass is 9.86. The molecule has 120 valence electrons. The number of H-pyrrole nitrogens is 2. The maximum absolute atomic E-state index is 12.4. The molecule has 5 N–H and O–H groups in total. The fourth-order valence-electron chi connectivity index (χ4n) is 3.00. The molecule has 7 nitrogen and oxygen atoms in total. The monoisotopic (exact) mass is 314 g/mol. The van der Waals surface area contributed by atoms with Gasteiger partial charge in [0.1, 0.15) is 11.4 Å². The van der Waals surface area contributed by atoms with Gasteiger partial charge in [-0.1, -0.05) is 23.8 Å². The molecule has 7 heteroatoms. The minimum absolute atomic E-state index is 0.158. The Bertz CT molecular complexity index is 882. The molecule has 1 atom stereocenters. The maximum Gasteiger partial charge on any atom is 0.326 e. The van der Waals surface area contributed by atoms with E-state index in [-0.39, 0.29) is 17.4 Å². The number of nitrogen functional groups attached to an aromatic ring is 1. The Morgan fingerprint density at radius 2 is 2.09 bits per heavy atom. The van der Waals surface area contributed by atoms with Crippen molar-refractivity contribution in [2.75, 3.05) is 5.73 Å². The molecule has 1 aromatic carbocycles. The van der Waals surface area contributed by atoms with E-state index in [1.165, 1.54) is 11.1 Å². The summed E-state index contributed by atoms with van der Waals surface area (Å²) < 4.78 is 0. The summed E-state index contributed by atoms with van der Waals surface area (Å²) in [4.78, 5) is 39.5. The second kappa shape index (κ2) is 5.75. The number of hydrogen-bond acceptors (Lipinski definition) is 4. The zero-order valence-corrected chi connectivity index (χ0v) is 12.7. The molecule has 0 bridgehead atoms. The van der Waals surface area contributed by atoms with E-state index in [1.54, 1.807) is 0 Å². The number of fused-ring (bicyclic) bond motifs is 1. The SMILES string of the molecule is Cc1ccc2c(c1)CCC[C@H]2NC(=O)c1[nH]c(=O)[nH]c(=O)c1N. The number of anilines is 1. The predicted octanol–water partition coefficient (Wildman–Crippen LogP) is 0.761. The zero-order valence-electron chi connectivity index (χ0n) is 12.7. The molecule has 1 aromatic heterocycles. The van der Waals surface area contributed by atoms with E-state index in [4.69, 9.17) is 5.73 Å². The Balaban J connectivity index is 1.91. The molecule has 1 heterocycles. The van der Waals surface area contributed by atoms with Crippen LogP contribution in [-0.2, 0) is 6.42 Å². The summed E-state index contributed by atoms with van der Waals surface area (Å²) in [6.07, 6.45) is 2.74. The number of benzene rings is 1. The van der Waals surface area contributed by atoms with Crippen LogP contribution in [0.4, 0.5) is 5.69 Å². The number of aromatic amines is 2. The van der Waals surface area contributed by atoms with Gasteiger partial charge in [0.15, 0.2) is 0 Å². The number of nitrogens with one attached hydrogen (secondary N) is 3. The summed E-state index contributed by atoms with van der Waals surface area (Å²) in [7, 11) is 0. The Labute approximate surface area is 131 Å². The lowest BCUT2D eigenvalue weighted by Crippen LogP contribution is -2.36. The first-order chi connectivity index (χ1) is 11.0. The van der Waals surface area contributed by atoms with Gasteiger partial charge in [0.2, 0.25) is 0 Å². The van der Waals surface area contributed by atoms with Crippen LogP contribution in [0.1, 0.15) is 46.1 Å². The van der Waals surface area contributed by atoms with Crippen LogP contribution in [0.3, 0.4) is 0 Å². The molecule has 1 aliphatic rings. The van der Waals surface area contributed by atoms with Crippen molar-refractivity contribution in [3.63, 3.8) is 0 Å². The molecule has 0 radical (unpaired) electrons. The molecule has 23 heavy (non-hydrogen) atoms. The highest BCUT2D eigenvalue weighted by Crippen LogP contribution is 2.30. The molecule has 1 aliphatic carbocycles. The lowest BCUT2D eigenvalue weighted by Gasteiger charge is -2.26. The van der Waals surface area contributed by atoms with Crippen LogP contribution in [0, 0.1) is 6.92 Å². The van der Waals surface area contributed by atoms with Crippen LogP contribution < -0.4 is 22.3 Å². The van der Waals surface area contributed by atoms with Crippen molar-refractivity contribution in [3.8, 4) is 0 Å². The van der Waals surface area contributed by atoms with E-state index in [0.29, 0.717) is 0 Å². The molecule has 0 saturated carbocycles. The highest BCUT2D eigenvalue weighted by Gasteiger charge is 2.24. The van der Waals surface area contributed by atoms with Gasteiger partial charge in [0, 0.05) is 0 Å². The van der Waals surface area contributed by atoms with Gasteiger partial charge in [0.05, 0.1) is 6.04 Å². The number of aromatic nitrogens is 2. The van der Waals surface area contributed by atoms with Gasteiger partial charge in [-0.05, 0) is 37.3 Å². The van der Waals surface area contributed by atoms with Gasteiger partial charge in [0.25, 0.3) is 11.5 Å². The van der Waals surface area contributed by atoms with Gasteiger partial charge in [-0.25, -0.2) is 4.79 Å². The molecule has 0 unspecified atom stereocenters. The summed E-state index contributed by atoms with van der Waals surface area (Å²) in [6, 6.07) is 5.98. The minimum atomic E-state index is -0.765. The van der Waals surface area contributed by atoms with Crippen molar-refractivity contribution in [3.05, 3.63) is 61.4 Å². The molecule has 0 aliphatic heterocycles. The first-order valence-corrected chi connectivity index (χ1v) is 7.48. The van der Waals surface area contributed by atoms with Crippen LogP contribution >= 0.6 is 0 Å². The second-order valence-corrected chi connectivity index (χ2v) is 5.82. The van der Waals surface area contributed by atoms with Crippen LogP contribution in [0.5, 0.6) is 0 Å². The van der Waals surface area contributed by atoms with E-state index in [9.17, 15) is 14.4 Å². The van der Waals surface area contributed by atoms with Crippen molar-refractivity contribution in [2.45, 2.75) is 32.2 Å². The lowest BCUT2D eigenvalue weighted by molar-refractivity contribution is 0.0928. The Kier molecular flexibility index (Phi) is 3.77. The highest BCUT2D eigenvalue weighted by atomic mass is 16.2. The van der Waals surface area contributed by atoms with Gasteiger partial charge in [-0.2, -0.15) is 0 Å². The fourth-order valence-corrected chi connectivity index (χ4v) is 3.00. The summed E-state index contributed by atoms with van der Waals surface area (Å²) >= 11 is 0. The van der Waals surface area contributed by atoms with Crippen LogP contribution in [0.15, 0.2) is 27.8 Å². The first-order valence-electron chi connectivity index (χ1n) is 7.48. The first kappa shape index (κ1) is 15.1.